The Morgan fingerprint density at radius 2 is 1.70 bits per heavy atom. The number of methoxy groups -OCH3 is 1. The van der Waals surface area contributed by atoms with Crippen molar-refractivity contribution in [1.29, 1.82) is 0 Å². The van der Waals surface area contributed by atoms with Crippen LogP contribution in [-0.4, -0.2) is 16.7 Å². The van der Waals surface area contributed by atoms with Crippen LogP contribution in [0, 0.1) is 0 Å². The number of para-hydroxylation sites is 3. The molecule has 0 saturated carbocycles. The predicted molar refractivity (Wildman–Crippen MR) is 109 cm³/mol. The normalized spacial score (nSPS) is 10.9. The molecule has 0 amide bonds. The molecule has 134 valence electrons. The van der Waals surface area contributed by atoms with E-state index in [-0.39, 0.29) is 5.56 Å². The summed E-state index contributed by atoms with van der Waals surface area (Å²) in [4.78, 5) is 18.1. The number of rotatable bonds is 3. The number of hydrogen-bond acceptors (Lipinski definition) is 3. The average molecular weight is 397 g/mol. The van der Waals surface area contributed by atoms with Crippen LogP contribution in [0.1, 0.15) is 0 Å². The van der Waals surface area contributed by atoms with Gasteiger partial charge in [0.25, 0.3) is 5.56 Å². The molecule has 0 N–H and O–H groups in total. The zero-order chi connectivity index (χ0) is 19.0. The van der Waals surface area contributed by atoms with E-state index >= 15 is 0 Å². The molecule has 0 atom stereocenters. The summed E-state index contributed by atoms with van der Waals surface area (Å²) in [6.07, 6.45) is 0. The lowest BCUT2D eigenvalue weighted by molar-refractivity contribution is 0.412. The van der Waals surface area contributed by atoms with Gasteiger partial charge in [0, 0.05) is 10.6 Å². The third kappa shape index (κ3) is 3.07. The summed E-state index contributed by atoms with van der Waals surface area (Å²) < 4.78 is 6.99. The zero-order valence-electron chi connectivity index (χ0n) is 14.3. The summed E-state index contributed by atoms with van der Waals surface area (Å²) in [7, 11) is 1.56. The standard InChI is InChI=1S/C21H14Cl2N2O2/c1-27-19-9-5-4-8-18(19)25-20(14-11-10-13(22)12-16(14)23)24-17-7-3-2-6-15(17)21(25)26/h2-12H,1H3. The van der Waals surface area contributed by atoms with Gasteiger partial charge in [0.05, 0.1) is 28.7 Å². The molecule has 0 unspecified atom stereocenters. The highest BCUT2D eigenvalue weighted by molar-refractivity contribution is 6.36. The maximum absolute atomic E-state index is 13.4. The Bertz CT molecular complexity index is 1220. The minimum atomic E-state index is -0.203. The van der Waals surface area contributed by atoms with Gasteiger partial charge in [0.2, 0.25) is 0 Å². The molecule has 0 bridgehead atoms. The Balaban J connectivity index is 2.16. The minimum Gasteiger partial charge on any atom is -0.495 e. The number of aromatic nitrogens is 2. The van der Waals surface area contributed by atoms with Crippen molar-refractivity contribution >= 4 is 34.1 Å². The van der Waals surface area contributed by atoms with E-state index in [1.165, 1.54) is 4.57 Å². The molecule has 0 aliphatic rings. The van der Waals surface area contributed by atoms with Crippen LogP contribution in [-0.2, 0) is 0 Å². The van der Waals surface area contributed by atoms with E-state index in [0.29, 0.717) is 43.8 Å². The van der Waals surface area contributed by atoms with Crippen molar-refractivity contribution in [3.05, 3.63) is 87.1 Å². The second-order valence-electron chi connectivity index (χ2n) is 5.89. The first-order chi connectivity index (χ1) is 13.1. The van der Waals surface area contributed by atoms with E-state index in [1.54, 1.807) is 43.5 Å². The SMILES string of the molecule is COc1ccccc1-n1c(-c2ccc(Cl)cc2Cl)nc2ccccc2c1=O. The Morgan fingerprint density at radius 3 is 2.48 bits per heavy atom. The summed E-state index contributed by atoms with van der Waals surface area (Å²) in [6, 6.07) is 19.6. The lowest BCUT2D eigenvalue weighted by Crippen LogP contribution is -2.22. The molecule has 4 rings (SSSR count). The van der Waals surface area contributed by atoms with Gasteiger partial charge in [-0.2, -0.15) is 0 Å². The molecule has 4 nitrogen and oxygen atoms in total. The van der Waals surface area contributed by atoms with E-state index < -0.39 is 0 Å². The number of halogens is 2. The predicted octanol–water partition coefficient (Wildman–Crippen LogP) is 5.37. The third-order valence-electron chi connectivity index (χ3n) is 4.27. The van der Waals surface area contributed by atoms with Gasteiger partial charge in [-0.1, -0.05) is 47.5 Å². The van der Waals surface area contributed by atoms with E-state index in [9.17, 15) is 4.79 Å². The smallest absolute Gasteiger partial charge is 0.266 e. The fraction of sp³-hybridized carbons (Fsp3) is 0.0476. The summed E-state index contributed by atoms with van der Waals surface area (Å²) in [6.45, 7) is 0. The van der Waals surface area contributed by atoms with Gasteiger partial charge in [0.1, 0.15) is 11.6 Å². The fourth-order valence-corrected chi connectivity index (χ4v) is 3.52. The molecule has 0 aliphatic carbocycles. The highest BCUT2D eigenvalue weighted by Gasteiger charge is 2.18. The van der Waals surface area contributed by atoms with Crippen molar-refractivity contribution in [2.75, 3.05) is 7.11 Å². The zero-order valence-corrected chi connectivity index (χ0v) is 15.8. The lowest BCUT2D eigenvalue weighted by Gasteiger charge is -2.17. The van der Waals surface area contributed by atoms with Crippen LogP contribution in [0.5, 0.6) is 5.75 Å². The lowest BCUT2D eigenvalue weighted by atomic mass is 10.1. The van der Waals surface area contributed by atoms with Crippen molar-refractivity contribution in [2.45, 2.75) is 0 Å². The highest BCUT2D eigenvalue weighted by atomic mass is 35.5. The van der Waals surface area contributed by atoms with Crippen molar-refractivity contribution in [2.24, 2.45) is 0 Å². The first-order valence-corrected chi connectivity index (χ1v) is 8.96. The van der Waals surface area contributed by atoms with Crippen LogP contribution in [0.3, 0.4) is 0 Å². The molecular formula is C21H14Cl2N2O2. The van der Waals surface area contributed by atoms with E-state index in [2.05, 4.69) is 0 Å². The molecule has 6 heteroatoms. The molecule has 0 radical (unpaired) electrons. The number of fused-ring (bicyclic) bond motifs is 1. The molecule has 0 saturated heterocycles. The molecule has 4 aromatic rings. The van der Waals surface area contributed by atoms with Crippen LogP contribution < -0.4 is 10.3 Å². The van der Waals surface area contributed by atoms with Gasteiger partial charge in [-0.05, 0) is 42.5 Å². The third-order valence-corrected chi connectivity index (χ3v) is 4.82. The highest BCUT2D eigenvalue weighted by Crippen LogP contribution is 2.32. The quantitative estimate of drug-likeness (QED) is 0.467. The van der Waals surface area contributed by atoms with E-state index in [0.717, 1.165) is 0 Å². The Kier molecular flexibility index (Phi) is 4.60. The Morgan fingerprint density at radius 1 is 0.963 bits per heavy atom. The molecule has 0 spiro atoms. The molecule has 3 aromatic carbocycles. The van der Waals surface area contributed by atoms with Gasteiger partial charge >= 0.3 is 0 Å². The van der Waals surface area contributed by atoms with E-state index in [4.69, 9.17) is 32.9 Å². The van der Waals surface area contributed by atoms with Crippen LogP contribution in [0.4, 0.5) is 0 Å². The first kappa shape index (κ1) is 17.6. The summed E-state index contributed by atoms with van der Waals surface area (Å²) in [5.41, 5.74) is 1.58. The molecular weight excluding hydrogens is 383 g/mol. The molecule has 1 aromatic heterocycles. The monoisotopic (exact) mass is 396 g/mol. The van der Waals surface area contributed by atoms with Gasteiger partial charge in [-0.3, -0.25) is 9.36 Å². The van der Waals surface area contributed by atoms with E-state index in [1.807, 2.05) is 30.3 Å². The topological polar surface area (TPSA) is 44.1 Å². The van der Waals surface area contributed by atoms with Gasteiger partial charge < -0.3 is 4.74 Å². The number of benzene rings is 3. The van der Waals surface area contributed by atoms with Crippen molar-refractivity contribution in [3.63, 3.8) is 0 Å². The molecule has 0 aliphatic heterocycles. The maximum atomic E-state index is 13.4. The van der Waals surface area contributed by atoms with Crippen molar-refractivity contribution < 1.29 is 4.74 Å². The Hall–Kier alpha value is -2.82. The number of hydrogen-bond donors (Lipinski definition) is 0. The molecule has 1 heterocycles. The summed E-state index contributed by atoms with van der Waals surface area (Å²) in [5, 5.41) is 1.43. The van der Waals surface area contributed by atoms with Gasteiger partial charge in [-0.15, -0.1) is 0 Å². The van der Waals surface area contributed by atoms with Crippen LogP contribution in [0.15, 0.2) is 71.5 Å². The first-order valence-electron chi connectivity index (χ1n) is 8.21. The fourth-order valence-electron chi connectivity index (χ4n) is 3.02. The average Bonchev–Trinajstić information content (AvgIpc) is 2.68. The number of nitrogens with zero attached hydrogens (tertiary/aromatic N) is 2. The van der Waals surface area contributed by atoms with Crippen LogP contribution in [0.25, 0.3) is 28.0 Å². The molecule has 27 heavy (non-hydrogen) atoms. The number of ether oxygens (including phenoxy) is 1. The van der Waals surface area contributed by atoms with Crippen molar-refractivity contribution in [1.82, 2.24) is 9.55 Å². The van der Waals surface area contributed by atoms with Gasteiger partial charge in [-0.25, -0.2) is 4.98 Å². The van der Waals surface area contributed by atoms with Crippen LogP contribution in [0.2, 0.25) is 10.0 Å². The minimum absolute atomic E-state index is 0.203. The Labute approximate surface area is 165 Å². The summed E-state index contributed by atoms with van der Waals surface area (Å²) >= 11 is 12.5. The van der Waals surface area contributed by atoms with Crippen molar-refractivity contribution in [3.8, 4) is 22.8 Å². The summed E-state index contributed by atoms with van der Waals surface area (Å²) in [5.74, 6) is 0.980. The largest absolute Gasteiger partial charge is 0.495 e. The second kappa shape index (κ2) is 7.06. The van der Waals surface area contributed by atoms with Crippen LogP contribution >= 0.6 is 23.2 Å². The van der Waals surface area contributed by atoms with Gasteiger partial charge in [0.15, 0.2) is 0 Å². The maximum Gasteiger partial charge on any atom is 0.266 e. The molecule has 0 fully saturated rings. The second-order valence-corrected chi connectivity index (χ2v) is 6.73.